The normalized spacial score (nSPS) is 20.8. The number of anilines is 1. The maximum Gasteiger partial charge on any atom is 0.573 e. The first-order chi connectivity index (χ1) is 31.9. The molecule has 3 aliphatic rings. The zero-order chi connectivity index (χ0) is 47.9. The third-order valence-electron chi connectivity index (χ3n) is 13.1. The summed E-state index contributed by atoms with van der Waals surface area (Å²) in [6.07, 6.45) is -2.07. The SMILES string of the molecule is COC(=O)N[C@H](C(=O)N1CCC[C@H]1c1nc2ccc([C@H]3CC[C@H](c4ccc5nc([C@@H]6CCCN6C(=O)[C@@H](NC(=O)OC)C(C)C)[nH]c5c4)N3c3ccc(OC(F)(F)F)c(Cl)c3)cc2[nH]1)C(C)C. The topological polar surface area (TPSA) is 187 Å². The Morgan fingerprint density at radius 3 is 1.55 bits per heavy atom. The van der Waals surface area contributed by atoms with Gasteiger partial charge < -0.3 is 49.5 Å². The van der Waals surface area contributed by atoms with Gasteiger partial charge in [0.1, 0.15) is 29.5 Å². The van der Waals surface area contributed by atoms with Gasteiger partial charge in [-0.15, -0.1) is 13.2 Å². The van der Waals surface area contributed by atoms with E-state index in [2.05, 4.69) is 30.2 Å². The van der Waals surface area contributed by atoms with Crippen LogP contribution in [0, 0.1) is 11.8 Å². The second kappa shape index (κ2) is 19.2. The second-order valence-corrected chi connectivity index (χ2v) is 18.5. The molecular weight excluding hydrogens is 895 g/mol. The summed E-state index contributed by atoms with van der Waals surface area (Å²) in [7, 11) is 2.51. The van der Waals surface area contributed by atoms with Crippen molar-refractivity contribution in [2.24, 2.45) is 11.8 Å². The van der Waals surface area contributed by atoms with Gasteiger partial charge in [-0.1, -0.05) is 51.4 Å². The number of rotatable bonds is 12. The van der Waals surface area contributed by atoms with E-state index in [9.17, 15) is 32.3 Å². The zero-order valence-corrected chi connectivity index (χ0v) is 38.8. The van der Waals surface area contributed by atoms with E-state index in [0.717, 1.165) is 35.0 Å². The smallest absolute Gasteiger partial charge is 0.453 e. The lowest BCUT2D eigenvalue weighted by atomic mass is 10.0. The van der Waals surface area contributed by atoms with Gasteiger partial charge in [-0.2, -0.15) is 0 Å². The quantitative estimate of drug-likeness (QED) is 0.0940. The number of H-pyrrole nitrogens is 2. The Morgan fingerprint density at radius 1 is 0.687 bits per heavy atom. The van der Waals surface area contributed by atoms with E-state index in [0.29, 0.717) is 67.1 Å². The summed E-state index contributed by atoms with van der Waals surface area (Å²) in [6, 6.07) is 13.4. The van der Waals surface area contributed by atoms with Crippen molar-refractivity contribution >= 4 is 63.4 Å². The number of fused-ring (bicyclic) bond motifs is 2. The number of halogens is 4. The summed E-state index contributed by atoms with van der Waals surface area (Å²) in [6.45, 7) is 8.46. The molecule has 4 amide bonds. The van der Waals surface area contributed by atoms with Crippen molar-refractivity contribution in [3.05, 3.63) is 82.4 Å². The average molecular weight is 950 g/mol. The van der Waals surface area contributed by atoms with Crippen molar-refractivity contribution < 1.29 is 46.6 Å². The lowest BCUT2D eigenvalue weighted by Gasteiger charge is -2.33. The first-order valence-electron chi connectivity index (χ1n) is 22.6. The van der Waals surface area contributed by atoms with Crippen LogP contribution in [0.4, 0.5) is 28.4 Å². The highest BCUT2D eigenvalue weighted by atomic mass is 35.5. The zero-order valence-electron chi connectivity index (χ0n) is 38.1. The monoisotopic (exact) mass is 949 g/mol. The van der Waals surface area contributed by atoms with Gasteiger partial charge in [0.15, 0.2) is 0 Å². The van der Waals surface area contributed by atoms with E-state index < -0.39 is 36.4 Å². The first kappa shape index (κ1) is 47.3. The fourth-order valence-corrected chi connectivity index (χ4v) is 10.1. The molecule has 3 fully saturated rings. The van der Waals surface area contributed by atoms with Crippen LogP contribution in [0.2, 0.25) is 5.02 Å². The summed E-state index contributed by atoms with van der Waals surface area (Å²) in [5.74, 6) is -0.0625. The first-order valence-corrected chi connectivity index (χ1v) is 22.9. The molecule has 20 heteroatoms. The number of nitrogens with zero attached hydrogens (tertiary/aromatic N) is 5. The summed E-state index contributed by atoms with van der Waals surface area (Å²) in [5.41, 5.74) is 5.34. The standard InChI is InChI=1S/C47H55ClF3N9O7/c1-24(2)39(56-45(63)65-5)43(61)58-19-7-9-36(58)41-52-30-14-11-26(21-32(30)54-41)34-16-17-35(60(34)28-13-18-38(29(48)23-28)67-47(49,50)51)27-12-15-31-33(22-27)55-42(53-31)37-10-8-20-59(37)44(62)40(25(3)4)57-46(64)66-6/h11-15,18,21-25,34-37,39-40H,7-10,16-17,19-20H2,1-6H3,(H,52,54)(H,53,55)(H,56,63)(H,57,64)/t34-,35-,36+,37+,39+,40+/m1/s1. The maximum atomic E-state index is 13.8. The number of likely N-dealkylation sites (tertiary alicyclic amines) is 2. The molecule has 5 heterocycles. The van der Waals surface area contributed by atoms with Crippen LogP contribution in [0.15, 0.2) is 54.6 Å². The van der Waals surface area contributed by atoms with Gasteiger partial charge in [-0.25, -0.2) is 19.6 Å². The molecular formula is C47H55ClF3N9O7. The lowest BCUT2D eigenvalue weighted by molar-refractivity contribution is -0.274. The maximum absolute atomic E-state index is 13.8. The van der Waals surface area contributed by atoms with Crippen LogP contribution < -0.4 is 20.3 Å². The van der Waals surface area contributed by atoms with E-state index in [4.69, 9.17) is 31.0 Å². The Hall–Kier alpha value is -6.24. The fraction of sp³-hybridized carbons (Fsp3) is 0.489. The van der Waals surface area contributed by atoms with Gasteiger partial charge in [0.25, 0.3) is 0 Å². The van der Waals surface area contributed by atoms with Gasteiger partial charge in [0, 0.05) is 18.8 Å². The number of alkyl halides is 3. The van der Waals surface area contributed by atoms with E-state index in [1.807, 2.05) is 64.1 Å². The van der Waals surface area contributed by atoms with Crippen LogP contribution in [-0.2, 0) is 19.1 Å². The Bertz CT molecular complexity index is 2510. The second-order valence-electron chi connectivity index (χ2n) is 18.1. The Labute approximate surface area is 390 Å². The molecule has 4 N–H and O–H groups in total. The molecule has 0 saturated carbocycles. The Morgan fingerprint density at radius 2 is 1.15 bits per heavy atom. The number of aromatic amines is 2. The number of hydrogen-bond donors (Lipinski definition) is 4. The Kier molecular flexibility index (Phi) is 13.5. The molecule has 8 rings (SSSR count). The number of nitrogens with one attached hydrogen (secondary N) is 4. The highest BCUT2D eigenvalue weighted by Crippen LogP contribution is 2.49. The van der Waals surface area contributed by atoms with Crippen molar-refractivity contribution in [3.8, 4) is 5.75 Å². The minimum atomic E-state index is -4.93. The molecule has 3 aliphatic heterocycles. The summed E-state index contributed by atoms with van der Waals surface area (Å²) in [4.78, 5) is 74.5. The molecule has 358 valence electrons. The summed E-state index contributed by atoms with van der Waals surface area (Å²) < 4.78 is 53.8. The third-order valence-corrected chi connectivity index (χ3v) is 13.4. The number of carbonyl (C=O) groups excluding carboxylic acids is 4. The predicted octanol–water partition coefficient (Wildman–Crippen LogP) is 9.16. The molecule has 0 bridgehead atoms. The molecule has 2 aromatic heterocycles. The van der Waals surface area contributed by atoms with Gasteiger partial charge in [0.05, 0.1) is 65.5 Å². The molecule has 0 unspecified atom stereocenters. The minimum absolute atomic E-state index is 0.187. The predicted molar refractivity (Wildman–Crippen MR) is 243 cm³/mol. The molecule has 6 atom stereocenters. The molecule has 0 spiro atoms. The van der Waals surface area contributed by atoms with Crippen LogP contribution in [0.5, 0.6) is 5.75 Å². The average Bonchev–Trinajstić information content (AvgIpc) is 4.15. The van der Waals surface area contributed by atoms with E-state index in [1.54, 1.807) is 15.9 Å². The third kappa shape index (κ3) is 9.78. The number of alkyl carbamates (subject to hydrolysis) is 2. The van der Waals surface area contributed by atoms with Crippen LogP contribution in [-0.4, -0.2) is 99.5 Å². The van der Waals surface area contributed by atoms with Gasteiger partial charge in [0.2, 0.25) is 11.8 Å². The highest BCUT2D eigenvalue weighted by molar-refractivity contribution is 6.32. The number of hydrogen-bond acceptors (Lipinski definition) is 10. The number of methoxy groups -OCH3 is 2. The fourth-order valence-electron chi connectivity index (χ4n) is 9.89. The number of amides is 4. The van der Waals surface area contributed by atoms with Gasteiger partial charge in [-0.3, -0.25) is 9.59 Å². The number of benzene rings is 3. The van der Waals surface area contributed by atoms with Crippen LogP contribution >= 0.6 is 11.6 Å². The van der Waals surface area contributed by atoms with E-state index in [1.165, 1.54) is 26.4 Å². The molecule has 3 aromatic carbocycles. The van der Waals surface area contributed by atoms with Crippen molar-refractivity contribution in [1.29, 1.82) is 0 Å². The van der Waals surface area contributed by atoms with Crippen molar-refractivity contribution in [3.63, 3.8) is 0 Å². The molecule has 5 aromatic rings. The number of imidazole rings is 2. The summed E-state index contributed by atoms with van der Waals surface area (Å²) >= 11 is 6.51. The lowest BCUT2D eigenvalue weighted by Crippen LogP contribution is -2.51. The molecule has 0 radical (unpaired) electrons. The van der Waals surface area contributed by atoms with Crippen LogP contribution in [0.3, 0.4) is 0 Å². The van der Waals surface area contributed by atoms with Crippen molar-refractivity contribution in [2.75, 3.05) is 32.2 Å². The number of carbonyl (C=O) groups is 4. The molecule has 16 nitrogen and oxygen atoms in total. The minimum Gasteiger partial charge on any atom is -0.453 e. The van der Waals surface area contributed by atoms with Crippen LogP contribution in [0.1, 0.15) is 113 Å². The van der Waals surface area contributed by atoms with E-state index in [-0.39, 0.29) is 52.8 Å². The van der Waals surface area contributed by atoms with E-state index >= 15 is 0 Å². The molecule has 0 aliphatic carbocycles. The highest BCUT2D eigenvalue weighted by Gasteiger charge is 2.41. The molecule has 67 heavy (non-hydrogen) atoms. The molecule has 3 saturated heterocycles. The van der Waals surface area contributed by atoms with Crippen LogP contribution in [0.25, 0.3) is 22.1 Å². The van der Waals surface area contributed by atoms with Crippen molar-refractivity contribution in [2.45, 2.75) is 109 Å². The van der Waals surface area contributed by atoms with Crippen molar-refractivity contribution in [1.82, 2.24) is 40.4 Å². The largest absolute Gasteiger partial charge is 0.573 e. The van der Waals surface area contributed by atoms with Gasteiger partial charge >= 0.3 is 18.5 Å². The summed E-state index contributed by atoms with van der Waals surface area (Å²) in [5, 5.41) is 5.17. The van der Waals surface area contributed by atoms with Gasteiger partial charge in [-0.05, 0) is 104 Å². The number of aromatic nitrogens is 4. The number of ether oxygens (including phenoxy) is 3. The Balaban J connectivity index is 1.10.